The SMILES string of the molecule is Cc1nnn(C2CCNCC2)c1-c1cccc(Oc2cccc(Br)c2Br)n1. The van der Waals surface area contributed by atoms with Crippen LogP contribution in [0.4, 0.5) is 0 Å². The summed E-state index contributed by atoms with van der Waals surface area (Å²) in [5.74, 6) is 1.24. The van der Waals surface area contributed by atoms with Crippen LogP contribution >= 0.6 is 31.9 Å². The normalized spacial score (nSPS) is 15.1. The zero-order valence-corrected chi connectivity index (χ0v) is 18.0. The van der Waals surface area contributed by atoms with E-state index in [1.807, 2.05) is 48.0 Å². The van der Waals surface area contributed by atoms with E-state index in [9.17, 15) is 0 Å². The molecular weight excluding hydrogens is 474 g/mol. The molecule has 140 valence electrons. The fourth-order valence-corrected chi connectivity index (χ4v) is 3.96. The predicted molar refractivity (Wildman–Crippen MR) is 111 cm³/mol. The van der Waals surface area contributed by atoms with Crippen LogP contribution in [-0.2, 0) is 0 Å². The molecule has 2 aromatic heterocycles. The molecule has 0 unspecified atom stereocenters. The highest BCUT2D eigenvalue weighted by molar-refractivity contribution is 9.13. The molecule has 1 saturated heterocycles. The van der Waals surface area contributed by atoms with Crippen LogP contribution in [0, 0.1) is 6.92 Å². The second kappa shape index (κ2) is 8.08. The summed E-state index contributed by atoms with van der Waals surface area (Å²) < 4.78 is 9.82. The van der Waals surface area contributed by atoms with Crippen molar-refractivity contribution in [2.75, 3.05) is 13.1 Å². The van der Waals surface area contributed by atoms with Crippen LogP contribution in [-0.4, -0.2) is 33.1 Å². The summed E-state index contributed by atoms with van der Waals surface area (Å²) in [6.07, 6.45) is 2.08. The number of rotatable bonds is 4. The minimum Gasteiger partial charge on any atom is -0.438 e. The first kappa shape index (κ1) is 18.6. The van der Waals surface area contributed by atoms with E-state index in [1.165, 1.54) is 0 Å². The van der Waals surface area contributed by atoms with Crippen LogP contribution in [0.15, 0.2) is 45.3 Å². The highest BCUT2D eigenvalue weighted by atomic mass is 79.9. The molecule has 0 radical (unpaired) electrons. The Labute approximate surface area is 174 Å². The standard InChI is InChI=1S/C19H19Br2N5O/c1-12-19(26(25-24-12)13-8-10-22-11-9-13)15-5-3-7-17(23-15)27-16-6-2-4-14(20)18(16)21/h2-7,13,22H,8-11H2,1H3. The van der Waals surface area contributed by atoms with Crippen LogP contribution in [0.5, 0.6) is 11.6 Å². The number of hydrogen-bond acceptors (Lipinski definition) is 5. The predicted octanol–water partition coefficient (Wildman–Crippen LogP) is 4.89. The topological polar surface area (TPSA) is 64.9 Å². The highest BCUT2D eigenvalue weighted by Gasteiger charge is 2.22. The maximum Gasteiger partial charge on any atom is 0.219 e. The Kier molecular flexibility index (Phi) is 5.56. The van der Waals surface area contributed by atoms with E-state index >= 15 is 0 Å². The third-order valence-electron chi connectivity index (χ3n) is 4.61. The second-order valence-electron chi connectivity index (χ2n) is 6.46. The highest BCUT2D eigenvalue weighted by Crippen LogP contribution is 2.35. The fraction of sp³-hybridized carbons (Fsp3) is 0.316. The Hall–Kier alpha value is -1.77. The average Bonchev–Trinajstić information content (AvgIpc) is 3.08. The molecule has 1 aliphatic rings. The monoisotopic (exact) mass is 491 g/mol. The Balaban J connectivity index is 1.67. The van der Waals surface area contributed by atoms with Crippen molar-refractivity contribution in [2.24, 2.45) is 0 Å². The van der Waals surface area contributed by atoms with E-state index in [0.717, 1.165) is 52.0 Å². The molecule has 27 heavy (non-hydrogen) atoms. The lowest BCUT2D eigenvalue weighted by Gasteiger charge is -2.24. The summed E-state index contributed by atoms with van der Waals surface area (Å²) in [4.78, 5) is 4.72. The van der Waals surface area contributed by atoms with Gasteiger partial charge in [-0.1, -0.05) is 17.3 Å². The number of ether oxygens (including phenoxy) is 1. The molecule has 1 N–H and O–H groups in total. The minimum atomic E-state index is 0.341. The third-order valence-corrected chi connectivity index (χ3v) is 6.63. The van der Waals surface area contributed by atoms with Gasteiger partial charge in [-0.25, -0.2) is 9.67 Å². The summed E-state index contributed by atoms with van der Waals surface area (Å²) in [6.45, 7) is 3.97. The van der Waals surface area contributed by atoms with E-state index in [2.05, 4.69) is 47.5 Å². The van der Waals surface area contributed by atoms with E-state index in [-0.39, 0.29) is 0 Å². The molecule has 3 aromatic rings. The van der Waals surface area contributed by atoms with E-state index in [1.54, 1.807) is 0 Å². The summed E-state index contributed by atoms with van der Waals surface area (Å²) in [6, 6.07) is 11.9. The molecule has 3 heterocycles. The molecule has 1 aliphatic heterocycles. The number of piperidine rings is 1. The van der Waals surface area contributed by atoms with Crippen LogP contribution < -0.4 is 10.1 Å². The van der Waals surface area contributed by atoms with Crippen molar-refractivity contribution < 1.29 is 4.74 Å². The molecule has 0 aliphatic carbocycles. The molecule has 4 rings (SSSR count). The van der Waals surface area contributed by atoms with Crippen molar-refractivity contribution in [1.29, 1.82) is 0 Å². The first-order valence-corrected chi connectivity index (χ1v) is 10.4. The number of hydrogen-bond donors (Lipinski definition) is 1. The molecule has 0 atom stereocenters. The Bertz CT molecular complexity index is 953. The van der Waals surface area contributed by atoms with Crippen molar-refractivity contribution in [3.8, 4) is 23.0 Å². The quantitative estimate of drug-likeness (QED) is 0.561. The van der Waals surface area contributed by atoms with E-state index in [4.69, 9.17) is 9.72 Å². The van der Waals surface area contributed by atoms with Gasteiger partial charge in [-0.05, 0) is 82.9 Å². The van der Waals surface area contributed by atoms with Crippen molar-refractivity contribution in [2.45, 2.75) is 25.8 Å². The van der Waals surface area contributed by atoms with Gasteiger partial charge in [0.15, 0.2) is 0 Å². The minimum absolute atomic E-state index is 0.341. The fourth-order valence-electron chi connectivity index (χ4n) is 3.26. The van der Waals surface area contributed by atoms with Gasteiger partial charge in [0, 0.05) is 10.5 Å². The van der Waals surface area contributed by atoms with Gasteiger partial charge < -0.3 is 10.1 Å². The first-order valence-electron chi connectivity index (χ1n) is 8.85. The zero-order chi connectivity index (χ0) is 18.8. The lowest BCUT2D eigenvalue weighted by molar-refractivity contribution is 0.340. The maximum absolute atomic E-state index is 6.01. The van der Waals surface area contributed by atoms with Crippen LogP contribution in [0.2, 0.25) is 0 Å². The molecule has 0 spiro atoms. The number of aryl methyl sites for hydroxylation is 1. The molecule has 8 heteroatoms. The Morgan fingerprint density at radius 1 is 1.11 bits per heavy atom. The van der Waals surface area contributed by atoms with Gasteiger partial charge in [-0.3, -0.25) is 0 Å². The second-order valence-corrected chi connectivity index (χ2v) is 8.11. The average molecular weight is 493 g/mol. The van der Waals surface area contributed by atoms with Gasteiger partial charge in [0.2, 0.25) is 5.88 Å². The van der Waals surface area contributed by atoms with Crippen LogP contribution in [0.25, 0.3) is 11.4 Å². The maximum atomic E-state index is 6.01. The molecule has 0 amide bonds. The van der Waals surface area contributed by atoms with Crippen LogP contribution in [0.3, 0.4) is 0 Å². The van der Waals surface area contributed by atoms with E-state index in [0.29, 0.717) is 17.7 Å². The zero-order valence-electron chi connectivity index (χ0n) is 14.8. The van der Waals surface area contributed by atoms with Gasteiger partial charge >= 0.3 is 0 Å². The smallest absolute Gasteiger partial charge is 0.219 e. The Morgan fingerprint density at radius 2 is 1.89 bits per heavy atom. The number of halogens is 2. The van der Waals surface area contributed by atoms with Crippen LogP contribution in [0.1, 0.15) is 24.6 Å². The van der Waals surface area contributed by atoms with Gasteiger partial charge in [-0.15, -0.1) is 5.10 Å². The summed E-state index contributed by atoms with van der Waals surface area (Å²) in [7, 11) is 0. The van der Waals surface area contributed by atoms with Gasteiger partial charge in [0.25, 0.3) is 0 Å². The van der Waals surface area contributed by atoms with Crippen molar-refractivity contribution in [3.63, 3.8) is 0 Å². The van der Waals surface area contributed by atoms with Gasteiger partial charge in [-0.2, -0.15) is 0 Å². The van der Waals surface area contributed by atoms with Crippen molar-refractivity contribution >= 4 is 31.9 Å². The number of aromatic nitrogens is 4. The number of nitrogens with zero attached hydrogens (tertiary/aromatic N) is 4. The van der Waals surface area contributed by atoms with Gasteiger partial charge in [0.1, 0.15) is 11.4 Å². The van der Waals surface area contributed by atoms with Gasteiger partial charge in [0.05, 0.1) is 21.9 Å². The first-order chi connectivity index (χ1) is 13.1. The summed E-state index contributed by atoms with van der Waals surface area (Å²) >= 11 is 7.04. The molecule has 0 bridgehead atoms. The number of nitrogens with one attached hydrogen (secondary N) is 1. The van der Waals surface area contributed by atoms with Crippen molar-refractivity contribution in [3.05, 3.63) is 51.0 Å². The Morgan fingerprint density at radius 3 is 2.70 bits per heavy atom. The summed E-state index contributed by atoms with van der Waals surface area (Å²) in [5.41, 5.74) is 2.65. The summed E-state index contributed by atoms with van der Waals surface area (Å²) in [5, 5.41) is 12.1. The van der Waals surface area contributed by atoms with E-state index < -0.39 is 0 Å². The molecule has 0 saturated carbocycles. The number of benzene rings is 1. The molecular formula is C19H19Br2N5O. The largest absolute Gasteiger partial charge is 0.438 e. The molecule has 1 fully saturated rings. The third kappa shape index (κ3) is 3.93. The lowest BCUT2D eigenvalue weighted by atomic mass is 10.1. The molecule has 6 nitrogen and oxygen atoms in total. The lowest BCUT2D eigenvalue weighted by Crippen LogP contribution is -2.30. The number of pyridine rings is 1. The molecule has 1 aromatic carbocycles. The van der Waals surface area contributed by atoms with Crippen molar-refractivity contribution in [1.82, 2.24) is 25.3 Å².